The van der Waals surface area contributed by atoms with E-state index in [4.69, 9.17) is 9.15 Å². The van der Waals surface area contributed by atoms with Gasteiger partial charge in [-0.3, -0.25) is 0 Å². The number of aryl methyl sites for hydroxylation is 1. The molecule has 5 heteroatoms. The van der Waals surface area contributed by atoms with Crippen molar-refractivity contribution >= 4 is 16.7 Å². The monoisotopic (exact) mass is 325 g/mol. The van der Waals surface area contributed by atoms with Crippen molar-refractivity contribution in [1.82, 2.24) is 0 Å². The van der Waals surface area contributed by atoms with Gasteiger partial charge in [0.15, 0.2) is 6.73 Å². The van der Waals surface area contributed by atoms with Crippen LogP contribution in [-0.2, 0) is 13.0 Å². The Kier molecular flexibility index (Phi) is 3.49. The molecule has 0 saturated carbocycles. The molecule has 0 radical (unpaired) electrons. The highest BCUT2D eigenvalue weighted by Gasteiger charge is 2.22. The van der Waals surface area contributed by atoms with E-state index in [0.717, 1.165) is 34.4 Å². The van der Waals surface area contributed by atoms with Gasteiger partial charge in [0.25, 0.3) is 0 Å². The van der Waals surface area contributed by atoms with E-state index in [1.165, 1.54) is 18.2 Å². The van der Waals surface area contributed by atoms with Crippen molar-refractivity contribution in [3.8, 4) is 5.75 Å². The van der Waals surface area contributed by atoms with Gasteiger partial charge in [0.1, 0.15) is 17.1 Å². The summed E-state index contributed by atoms with van der Waals surface area (Å²) in [5.74, 6) is 0.443. The molecule has 0 aliphatic carbocycles. The Labute approximate surface area is 138 Å². The lowest BCUT2D eigenvalue weighted by Crippen LogP contribution is -2.32. The van der Waals surface area contributed by atoms with Gasteiger partial charge in [-0.2, -0.15) is 0 Å². The van der Waals surface area contributed by atoms with Gasteiger partial charge in [0.05, 0.1) is 12.1 Å². The maximum absolute atomic E-state index is 13.1. The van der Waals surface area contributed by atoms with E-state index >= 15 is 0 Å². The fourth-order valence-electron chi connectivity index (χ4n) is 3.11. The molecule has 0 N–H and O–H groups in total. The molecule has 122 valence electrons. The molecule has 0 spiro atoms. The third-order valence-electron chi connectivity index (χ3n) is 4.36. The first-order valence-corrected chi connectivity index (χ1v) is 7.87. The quantitative estimate of drug-likeness (QED) is 0.671. The second-order valence-corrected chi connectivity index (χ2v) is 5.81. The minimum atomic E-state index is -0.355. The van der Waals surface area contributed by atoms with Crippen LogP contribution in [-0.4, -0.2) is 6.73 Å². The van der Waals surface area contributed by atoms with Crippen LogP contribution in [0.2, 0.25) is 0 Å². The van der Waals surface area contributed by atoms with Gasteiger partial charge in [-0.25, -0.2) is 9.18 Å². The molecule has 0 saturated heterocycles. The van der Waals surface area contributed by atoms with Gasteiger partial charge in [0, 0.05) is 17.1 Å². The first-order chi connectivity index (χ1) is 11.7. The topological polar surface area (TPSA) is 42.7 Å². The molecule has 4 nitrogen and oxygen atoms in total. The molecule has 2 heterocycles. The molecular formula is C19H16FNO3. The smallest absolute Gasteiger partial charge is 0.336 e. The van der Waals surface area contributed by atoms with E-state index in [-0.39, 0.29) is 11.4 Å². The summed E-state index contributed by atoms with van der Waals surface area (Å²) in [6, 6.07) is 11.6. The van der Waals surface area contributed by atoms with Crippen molar-refractivity contribution < 1.29 is 13.5 Å². The first kappa shape index (κ1) is 14.8. The predicted octanol–water partition coefficient (Wildman–Crippen LogP) is 3.85. The summed E-state index contributed by atoms with van der Waals surface area (Å²) in [6.07, 6.45) is 0.753. The minimum absolute atomic E-state index is 0.277. The van der Waals surface area contributed by atoms with Crippen LogP contribution in [0.25, 0.3) is 11.0 Å². The largest absolute Gasteiger partial charge is 0.473 e. The number of ether oxygens (including phenoxy) is 1. The Morgan fingerprint density at radius 3 is 2.71 bits per heavy atom. The van der Waals surface area contributed by atoms with Gasteiger partial charge < -0.3 is 14.1 Å². The van der Waals surface area contributed by atoms with Crippen LogP contribution in [0.3, 0.4) is 0 Å². The lowest BCUT2D eigenvalue weighted by Gasteiger charge is -2.31. The average Bonchev–Trinajstić information content (AvgIpc) is 2.61. The highest BCUT2D eigenvalue weighted by Crippen LogP contribution is 2.34. The molecule has 1 aliphatic rings. The van der Waals surface area contributed by atoms with Crippen molar-refractivity contribution in [2.75, 3.05) is 11.6 Å². The van der Waals surface area contributed by atoms with Gasteiger partial charge in [-0.1, -0.05) is 6.92 Å². The highest BCUT2D eigenvalue weighted by molar-refractivity contribution is 5.85. The standard InChI is InChI=1S/C19H16FNO3/c1-2-12-9-18(22)24-19-15(12)7-8-17-16(19)10-21(11-23-17)14-5-3-13(20)4-6-14/h3-9H,2,10-11H2,1H3. The maximum Gasteiger partial charge on any atom is 0.336 e. The van der Waals surface area contributed by atoms with E-state index in [1.54, 1.807) is 12.1 Å². The predicted molar refractivity (Wildman–Crippen MR) is 89.9 cm³/mol. The number of hydrogen-bond acceptors (Lipinski definition) is 4. The molecule has 1 aliphatic heterocycles. The van der Waals surface area contributed by atoms with Gasteiger partial charge in [-0.05, 0) is 48.4 Å². The number of rotatable bonds is 2. The van der Waals surface area contributed by atoms with E-state index in [2.05, 4.69) is 0 Å². The number of nitrogens with zero attached hydrogens (tertiary/aromatic N) is 1. The summed E-state index contributed by atoms with van der Waals surface area (Å²) in [5.41, 5.74) is 2.88. The second kappa shape index (κ2) is 5.67. The van der Waals surface area contributed by atoms with E-state index in [9.17, 15) is 9.18 Å². The molecule has 3 aromatic rings. The molecule has 2 aromatic carbocycles. The van der Waals surface area contributed by atoms with Crippen LogP contribution in [0.15, 0.2) is 51.7 Å². The van der Waals surface area contributed by atoms with E-state index in [1.807, 2.05) is 24.0 Å². The Morgan fingerprint density at radius 1 is 1.17 bits per heavy atom. The fraction of sp³-hybridized carbons (Fsp3) is 0.211. The van der Waals surface area contributed by atoms with Crippen LogP contribution in [0, 0.1) is 5.82 Å². The Balaban J connectivity index is 1.83. The van der Waals surface area contributed by atoms with E-state index < -0.39 is 0 Å². The summed E-state index contributed by atoms with van der Waals surface area (Å²) in [6.45, 7) is 2.91. The number of halogens is 1. The normalized spacial score (nSPS) is 13.7. The van der Waals surface area contributed by atoms with Crippen molar-refractivity contribution in [2.24, 2.45) is 0 Å². The van der Waals surface area contributed by atoms with Crippen molar-refractivity contribution in [3.05, 3.63) is 69.8 Å². The number of benzene rings is 2. The van der Waals surface area contributed by atoms with Crippen molar-refractivity contribution in [2.45, 2.75) is 19.9 Å². The summed E-state index contributed by atoms with van der Waals surface area (Å²) in [5, 5.41) is 0.931. The minimum Gasteiger partial charge on any atom is -0.473 e. The zero-order valence-corrected chi connectivity index (χ0v) is 13.2. The third kappa shape index (κ3) is 2.42. The summed E-state index contributed by atoms with van der Waals surface area (Å²) in [4.78, 5) is 13.8. The summed E-state index contributed by atoms with van der Waals surface area (Å²) < 4.78 is 24.4. The second-order valence-electron chi connectivity index (χ2n) is 5.81. The van der Waals surface area contributed by atoms with Crippen LogP contribution < -0.4 is 15.3 Å². The SMILES string of the molecule is CCc1cc(=O)oc2c3c(ccc12)OCN(c1ccc(F)cc1)C3. The van der Waals surface area contributed by atoms with Crippen molar-refractivity contribution in [3.63, 3.8) is 0 Å². The molecule has 24 heavy (non-hydrogen) atoms. The number of fused-ring (bicyclic) bond motifs is 3. The Bertz CT molecular complexity index is 963. The first-order valence-electron chi connectivity index (χ1n) is 7.87. The van der Waals surface area contributed by atoms with Gasteiger partial charge >= 0.3 is 5.63 Å². The van der Waals surface area contributed by atoms with Crippen LogP contribution >= 0.6 is 0 Å². The van der Waals surface area contributed by atoms with Gasteiger partial charge in [-0.15, -0.1) is 0 Å². The lowest BCUT2D eigenvalue weighted by molar-refractivity contribution is 0.289. The molecular weight excluding hydrogens is 309 g/mol. The fourth-order valence-corrected chi connectivity index (χ4v) is 3.11. The maximum atomic E-state index is 13.1. The third-order valence-corrected chi connectivity index (χ3v) is 4.36. The summed E-state index contributed by atoms with van der Waals surface area (Å²) in [7, 11) is 0. The van der Waals surface area contributed by atoms with E-state index in [0.29, 0.717) is 18.9 Å². The molecule has 0 unspecified atom stereocenters. The van der Waals surface area contributed by atoms with Crippen LogP contribution in [0.1, 0.15) is 18.1 Å². The molecule has 0 amide bonds. The Hall–Kier alpha value is -2.82. The van der Waals surface area contributed by atoms with Crippen LogP contribution in [0.4, 0.5) is 10.1 Å². The molecule has 1 aromatic heterocycles. The average molecular weight is 325 g/mol. The van der Waals surface area contributed by atoms with Crippen LogP contribution in [0.5, 0.6) is 5.75 Å². The molecule has 4 rings (SSSR count). The summed E-state index contributed by atoms with van der Waals surface area (Å²) >= 11 is 0. The Morgan fingerprint density at radius 2 is 1.96 bits per heavy atom. The zero-order valence-electron chi connectivity index (χ0n) is 13.2. The highest BCUT2D eigenvalue weighted by atomic mass is 19.1. The molecule has 0 bridgehead atoms. The zero-order chi connectivity index (χ0) is 16.7. The molecule has 0 fully saturated rings. The van der Waals surface area contributed by atoms with Crippen molar-refractivity contribution in [1.29, 1.82) is 0 Å². The number of anilines is 1. The van der Waals surface area contributed by atoms with Gasteiger partial charge in [0.2, 0.25) is 0 Å². The number of hydrogen-bond donors (Lipinski definition) is 0. The lowest BCUT2D eigenvalue weighted by atomic mass is 10.0. The molecule has 0 atom stereocenters.